The molecule has 1 unspecified atom stereocenters. The highest BCUT2D eigenvalue weighted by atomic mass is 79.9. The molecule has 0 heterocycles. The lowest BCUT2D eigenvalue weighted by Gasteiger charge is -2.18. The van der Waals surface area contributed by atoms with Gasteiger partial charge in [-0.25, -0.2) is 4.79 Å². The van der Waals surface area contributed by atoms with Crippen molar-refractivity contribution in [1.29, 1.82) is 0 Å². The number of hydrogen-bond donors (Lipinski definition) is 1. The normalized spacial score (nSPS) is 11.9. The average molecular weight is 300 g/mol. The molecule has 1 rings (SSSR count). The van der Waals surface area contributed by atoms with E-state index < -0.39 is 0 Å². The topological polar surface area (TPSA) is 38.3 Å². The number of anilines is 1. The molecule has 0 saturated heterocycles. The molecule has 4 heteroatoms. The molecule has 0 fully saturated rings. The molecule has 0 aromatic heterocycles. The van der Waals surface area contributed by atoms with E-state index in [1.807, 2.05) is 38.1 Å². The fourth-order valence-electron chi connectivity index (χ4n) is 1.55. The summed E-state index contributed by atoms with van der Waals surface area (Å²) < 4.78 is 6.00. The Labute approximate surface area is 111 Å². The molecule has 0 saturated carbocycles. The van der Waals surface area contributed by atoms with Crippen LogP contribution in [0.2, 0.25) is 0 Å². The molecule has 1 aromatic carbocycles. The van der Waals surface area contributed by atoms with Gasteiger partial charge in [-0.3, -0.25) is 0 Å². The first-order valence-corrected chi connectivity index (χ1v) is 6.66. The number of carbonyl (C=O) groups excluding carboxylic acids is 1. The van der Waals surface area contributed by atoms with Crippen LogP contribution in [-0.4, -0.2) is 18.6 Å². The van der Waals surface area contributed by atoms with Gasteiger partial charge in [0, 0.05) is 10.2 Å². The third-order valence-electron chi connectivity index (χ3n) is 2.35. The highest BCUT2D eigenvalue weighted by Crippen LogP contribution is 2.23. The molecule has 1 aromatic rings. The van der Waals surface area contributed by atoms with Crippen molar-refractivity contribution in [3.8, 4) is 0 Å². The Morgan fingerprint density at radius 1 is 1.41 bits per heavy atom. The number of nitrogens with one attached hydrogen (secondary N) is 1. The van der Waals surface area contributed by atoms with Crippen molar-refractivity contribution in [3.05, 3.63) is 28.7 Å². The maximum Gasteiger partial charge on any atom is 0.328 e. The first-order valence-electron chi connectivity index (χ1n) is 5.86. The monoisotopic (exact) mass is 299 g/mol. The van der Waals surface area contributed by atoms with Crippen LogP contribution in [0.1, 0.15) is 26.7 Å². The van der Waals surface area contributed by atoms with Crippen LogP contribution >= 0.6 is 15.9 Å². The summed E-state index contributed by atoms with van der Waals surface area (Å²) in [7, 11) is 0. The first kappa shape index (κ1) is 14.0. The average Bonchev–Trinajstić information content (AvgIpc) is 2.31. The Bertz CT molecular complexity index is 368. The predicted molar refractivity (Wildman–Crippen MR) is 73.1 cm³/mol. The van der Waals surface area contributed by atoms with E-state index in [1.165, 1.54) is 0 Å². The smallest absolute Gasteiger partial charge is 0.328 e. The van der Waals surface area contributed by atoms with Crippen LogP contribution in [-0.2, 0) is 9.53 Å². The Hall–Kier alpha value is -1.03. The number of esters is 1. The zero-order valence-corrected chi connectivity index (χ0v) is 11.8. The summed E-state index contributed by atoms with van der Waals surface area (Å²) in [4.78, 5) is 11.7. The van der Waals surface area contributed by atoms with Gasteiger partial charge in [-0.15, -0.1) is 0 Å². The molecule has 17 heavy (non-hydrogen) atoms. The predicted octanol–water partition coefficient (Wildman–Crippen LogP) is 3.59. The summed E-state index contributed by atoms with van der Waals surface area (Å²) in [5, 5.41) is 3.21. The van der Waals surface area contributed by atoms with E-state index in [0.717, 1.165) is 23.0 Å². The van der Waals surface area contributed by atoms with Gasteiger partial charge in [-0.2, -0.15) is 0 Å². The van der Waals surface area contributed by atoms with E-state index in [-0.39, 0.29) is 12.0 Å². The molecule has 3 nitrogen and oxygen atoms in total. The lowest BCUT2D eigenvalue weighted by Crippen LogP contribution is -2.31. The molecular weight excluding hydrogens is 282 g/mol. The van der Waals surface area contributed by atoms with Gasteiger partial charge in [0.05, 0.1) is 6.61 Å². The van der Waals surface area contributed by atoms with Crippen molar-refractivity contribution >= 4 is 27.6 Å². The summed E-state index contributed by atoms with van der Waals surface area (Å²) in [6, 6.07) is 7.47. The van der Waals surface area contributed by atoms with Gasteiger partial charge in [0.25, 0.3) is 0 Å². The Kier molecular flexibility index (Phi) is 6.05. The van der Waals surface area contributed by atoms with Crippen LogP contribution < -0.4 is 5.32 Å². The van der Waals surface area contributed by atoms with Crippen molar-refractivity contribution in [1.82, 2.24) is 0 Å². The lowest BCUT2D eigenvalue weighted by atomic mass is 10.1. The van der Waals surface area contributed by atoms with Crippen LogP contribution in [0.4, 0.5) is 5.69 Å². The van der Waals surface area contributed by atoms with Gasteiger partial charge in [0.15, 0.2) is 0 Å². The summed E-state index contributed by atoms with van der Waals surface area (Å²) in [6.45, 7) is 4.28. The molecule has 0 radical (unpaired) electrons. The zero-order chi connectivity index (χ0) is 12.7. The number of para-hydroxylation sites is 1. The van der Waals surface area contributed by atoms with Crippen molar-refractivity contribution in [3.63, 3.8) is 0 Å². The van der Waals surface area contributed by atoms with Gasteiger partial charge in [-0.05, 0) is 41.4 Å². The second kappa shape index (κ2) is 7.33. The number of benzene rings is 1. The summed E-state index contributed by atoms with van der Waals surface area (Å²) in [5.41, 5.74) is 0.916. The second-order valence-electron chi connectivity index (χ2n) is 3.72. The number of halogens is 1. The number of ether oxygens (including phenoxy) is 1. The standard InChI is InChI=1S/C13H18BrNO2/c1-3-7-12(13(16)17-4-2)15-11-9-6-5-8-10(11)14/h5-6,8-9,12,15H,3-4,7H2,1-2H3. The maximum absolute atomic E-state index is 11.7. The van der Waals surface area contributed by atoms with Gasteiger partial charge in [0.1, 0.15) is 6.04 Å². The van der Waals surface area contributed by atoms with Crippen molar-refractivity contribution in [2.45, 2.75) is 32.7 Å². The molecule has 1 N–H and O–H groups in total. The minimum Gasteiger partial charge on any atom is -0.464 e. The van der Waals surface area contributed by atoms with E-state index in [2.05, 4.69) is 21.2 Å². The minimum absolute atomic E-state index is 0.190. The molecule has 0 amide bonds. The van der Waals surface area contributed by atoms with Crippen LogP contribution in [0.5, 0.6) is 0 Å². The Morgan fingerprint density at radius 2 is 2.12 bits per heavy atom. The molecule has 0 bridgehead atoms. The first-order chi connectivity index (χ1) is 8.19. The highest BCUT2D eigenvalue weighted by molar-refractivity contribution is 9.10. The molecule has 0 aliphatic rings. The van der Waals surface area contributed by atoms with Gasteiger partial charge >= 0.3 is 5.97 Å². The highest BCUT2D eigenvalue weighted by Gasteiger charge is 2.19. The van der Waals surface area contributed by atoms with E-state index in [9.17, 15) is 4.79 Å². The molecule has 0 aliphatic heterocycles. The van der Waals surface area contributed by atoms with Gasteiger partial charge in [0.2, 0.25) is 0 Å². The largest absolute Gasteiger partial charge is 0.464 e. The lowest BCUT2D eigenvalue weighted by molar-refractivity contribution is -0.144. The molecule has 94 valence electrons. The maximum atomic E-state index is 11.7. The van der Waals surface area contributed by atoms with E-state index >= 15 is 0 Å². The molecule has 1 atom stereocenters. The molecule has 0 spiro atoms. The summed E-state index contributed by atoms with van der Waals surface area (Å²) in [6.07, 6.45) is 1.70. The summed E-state index contributed by atoms with van der Waals surface area (Å²) >= 11 is 3.45. The fourth-order valence-corrected chi connectivity index (χ4v) is 1.95. The van der Waals surface area contributed by atoms with E-state index in [0.29, 0.717) is 6.61 Å². The quantitative estimate of drug-likeness (QED) is 0.816. The van der Waals surface area contributed by atoms with Crippen LogP contribution in [0, 0.1) is 0 Å². The number of carbonyl (C=O) groups is 1. The van der Waals surface area contributed by atoms with Crippen LogP contribution in [0.25, 0.3) is 0 Å². The zero-order valence-electron chi connectivity index (χ0n) is 10.2. The minimum atomic E-state index is -0.279. The third kappa shape index (κ3) is 4.38. The molecule has 0 aliphatic carbocycles. The SMILES string of the molecule is CCCC(Nc1ccccc1Br)C(=O)OCC. The Balaban J connectivity index is 2.73. The number of rotatable bonds is 6. The third-order valence-corrected chi connectivity index (χ3v) is 3.04. The van der Waals surface area contributed by atoms with Crippen molar-refractivity contribution in [2.24, 2.45) is 0 Å². The van der Waals surface area contributed by atoms with E-state index in [1.54, 1.807) is 0 Å². The van der Waals surface area contributed by atoms with Crippen LogP contribution in [0.15, 0.2) is 28.7 Å². The van der Waals surface area contributed by atoms with E-state index in [4.69, 9.17) is 4.74 Å². The van der Waals surface area contributed by atoms with Crippen molar-refractivity contribution < 1.29 is 9.53 Å². The molecular formula is C13H18BrNO2. The number of hydrogen-bond acceptors (Lipinski definition) is 3. The van der Waals surface area contributed by atoms with Gasteiger partial charge < -0.3 is 10.1 Å². The fraction of sp³-hybridized carbons (Fsp3) is 0.462. The Morgan fingerprint density at radius 3 is 2.71 bits per heavy atom. The second-order valence-corrected chi connectivity index (χ2v) is 4.57. The van der Waals surface area contributed by atoms with Gasteiger partial charge in [-0.1, -0.05) is 25.5 Å². The van der Waals surface area contributed by atoms with Crippen LogP contribution in [0.3, 0.4) is 0 Å². The summed E-state index contributed by atoms with van der Waals surface area (Å²) in [5.74, 6) is -0.190. The van der Waals surface area contributed by atoms with Crippen molar-refractivity contribution in [2.75, 3.05) is 11.9 Å².